The minimum absolute atomic E-state index is 0.843. The third kappa shape index (κ3) is 2.61. The molecule has 1 aliphatic carbocycles. The van der Waals surface area contributed by atoms with Crippen molar-refractivity contribution in [3.8, 4) is 0 Å². The van der Waals surface area contributed by atoms with Crippen molar-refractivity contribution in [3.05, 3.63) is 0 Å². The maximum Gasteiger partial charge on any atom is -0.000958 e. The average molecular weight is 130 g/mol. The molecule has 0 aromatic heterocycles. The van der Waals surface area contributed by atoms with E-state index in [1.54, 1.807) is 0 Å². The van der Waals surface area contributed by atoms with Crippen LogP contribution in [-0.2, 0) is 0 Å². The maximum atomic E-state index is 2.27. The second-order valence-corrected chi connectivity index (χ2v) is 4.43. The zero-order valence-electron chi connectivity index (χ0n) is 5.68. The van der Waals surface area contributed by atoms with Crippen molar-refractivity contribution in [2.45, 2.75) is 31.9 Å². The highest BCUT2D eigenvalue weighted by molar-refractivity contribution is 7.99. The molecule has 0 nitrogen and oxygen atoms in total. The summed E-state index contributed by atoms with van der Waals surface area (Å²) in [6.45, 7) is 4.54. The van der Waals surface area contributed by atoms with Crippen molar-refractivity contribution in [2.24, 2.45) is 5.92 Å². The predicted octanol–water partition coefficient (Wildman–Crippen LogP) is 2.54. The Bertz CT molecular complexity index is 62.8. The smallest absolute Gasteiger partial charge is 0.000958 e. The average Bonchev–Trinajstić information content (AvgIpc) is 2.41. The normalized spacial score (nSPS) is 19.9. The lowest BCUT2D eigenvalue weighted by atomic mass is 10.5. The van der Waals surface area contributed by atoms with Gasteiger partial charge in [-0.3, -0.25) is 0 Å². The van der Waals surface area contributed by atoms with Gasteiger partial charge in [0, 0.05) is 0 Å². The predicted molar refractivity (Wildman–Crippen MR) is 40.3 cm³/mol. The first-order valence-electron chi connectivity index (χ1n) is 3.40. The van der Waals surface area contributed by atoms with Gasteiger partial charge < -0.3 is 0 Å². The Hall–Kier alpha value is 0.350. The van der Waals surface area contributed by atoms with E-state index < -0.39 is 0 Å². The van der Waals surface area contributed by atoms with E-state index in [0.717, 1.165) is 11.2 Å². The van der Waals surface area contributed by atoms with Gasteiger partial charge in [0.15, 0.2) is 0 Å². The SMILES string of the molecule is CC(C)SCC1CC1. The third-order valence-corrected chi connectivity index (χ3v) is 2.69. The lowest BCUT2D eigenvalue weighted by molar-refractivity contribution is 0.987. The van der Waals surface area contributed by atoms with Crippen molar-refractivity contribution in [2.75, 3.05) is 5.75 Å². The van der Waals surface area contributed by atoms with Crippen LogP contribution in [0.4, 0.5) is 0 Å². The fourth-order valence-electron chi connectivity index (χ4n) is 0.613. The molecule has 0 bridgehead atoms. The molecule has 1 saturated carbocycles. The van der Waals surface area contributed by atoms with Crippen LogP contribution in [0.15, 0.2) is 0 Å². The van der Waals surface area contributed by atoms with Gasteiger partial charge in [-0.15, -0.1) is 0 Å². The number of hydrogen-bond acceptors (Lipinski definition) is 1. The van der Waals surface area contributed by atoms with Crippen LogP contribution in [-0.4, -0.2) is 11.0 Å². The second kappa shape index (κ2) is 2.77. The monoisotopic (exact) mass is 130 g/mol. The second-order valence-electron chi connectivity index (χ2n) is 2.83. The van der Waals surface area contributed by atoms with E-state index in [9.17, 15) is 0 Å². The van der Waals surface area contributed by atoms with Crippen molar-refractivity contribution >= 4 is 11.8 Å². The zero-order chi connectivity index (χ0) is 5.98. The minimum Gasteiger partial charge on any atom is -0.159 e. The summed E-state index contributed by atoms with van der Waals surface area (Å²) in [6.07, 6.45) is 3.00. The topological polar surface area (TPSA) is 0 Å². The lowest BCUT2D eigenvalue weighted by Gasteiger charge is -2.00. The molecular weight excluding hydrogens is 116 g/mol. The molecule has 0 aromatic carbocycles. The van der Waals surface area contributed by atoms with Crippen molar-refractivity contribution in [3.63, 3.8) is 0 Å². The Balaban J connectivity index is 1.87. The van der Waals surface area contributed by atoms with Crippen molar-refractivity contribution in [1.82, 2.24) is 0 Å². The highest BCUT2D eigenvalue weighted by Gasteiger charge is 2.20. The first-order valence-corrected chi connectivity index (χ1v) is 4.45. The van der Waals surface area contributed by atoms with Crippen LogP contribution in [0.25, 0.3) is 0 Å². The fourth-order valence-corrected chi connectivity index (χ4v) is 1.60. The van der Waals surface area contributed by atoms with Gasteiger partial charge in [0.05, 0.1) is 0 Å². The van der Waals surface area contributed by atoms with Crippen LogP contribution in [0.1, 0.15) is 26.7 Å². The summed E-state index contributed by atoms with van der Waals surface area (Å²) in [5.74, 6) is 2.51. The highest BCUT2D eigenvalue weighted by Crippen LogP contribution is 2.33. The van der Waals surface area contributed by atoms with E-state index in [1.165, 1.54) is 18.6 Å². The molecule has 1 fully saturated rings. The number of hydrogen-bond donors (Lipinski definition) is 0. The molecule has 0 spiro atoms. The Morgan fingerprint density at radius 2 is 2.12 bits per heavy atom. The summed E-state index contributed by atoms with van der Waals surface area (Å²) in [4.78, 5) is 0. The van der Waals surface area contributed by atoms with Gasteiger partial charge in [-0.05, 0) is 29.8 Å². The molecular formula is C7H14S. The van der Waals surface area contributed by atoms with E-state index in [4.69, 9.17) is 0 Å². The molecule has 0 radical (unpaired) electrons. The minimum atomic E-state index is 0.843. The molecule has 0 aliphatic heterocycles. The van der Waals surface area contributed by atoms with E-state index >= 15 is 0 Å². The number of thioether (sulfide) groups is 1. The summed E-state index contributed by atoms with van der Waals surface area (Å²) in [5.41, 5.74) is 0. The van der Waals surface area contributed by atoms with E-state index in [-0.39, 0.29) is 0 Å². The molecule has 1 heteroatoms. The molecule has 8 heavy (non-hydrogen) atoms. The Labute approximate surface area is 56.0 Å². The van der Waals surface area contributed by atoms with Gasteiger partial charge in [0.1, 0.15) is 0 Å². The standard InChI is InChI=1S/C7H14S/c1-6(2)8-5-7-3-4-7/h6-7H,3-5H2,1-2H3. The van der Waals surface area contributed by atoms with Gasteiger partial charge >= 0.3 is 0 Å². The molecule has 0 heterocycles. The first-order chi connectivity index (χ1) is 3.79. The van der Waals surface area contributed by atoms with Crippen LogP contribution >= 0.6 is 11.8 Å². The molecule has 0 aromatic rings. The van der Waals surface area contributed by atoms with Crippen LogP contribution in [0, 0.1) is 5.92 Å². The molecule has 0 amide bonds. The van der Waals surface area contributed by atoms with Gasteiger partial charge in [-0.2, -0.15) is 11.8 Å². The van der Waals surface area contributed by atoms with Crippen molar-refractivity contribution in [1.29, 1.82) is 0 Å². The van der Waals surface area contributed by atoms with E-state index in [1.807, 2.05) is 0 Å². The summed E-state index contributed by atoms with van der Waals surface area (Å²) in [5, 5.41) is 0.843. The molecule has 0 N–H and O–H groups in total. The maximum absolute atomic E-state index is 2.27. The highest BCUT2D eigenvalue weighted by atomic mass is 32.2. The molecule has 0 saturated heterocycles. The third-order valence-electron chi connectivity index (χ3n) is 1.36. The fraction of sp³-hybridized carbons (Fsp3) is 1.00. The van der Waals surface area contributed by atoms with Gasteiger partial charge in [-0.25, -0.2) is 0 Å². The zero-order valence-corrected chi connectivity index (χ0v) is 6.50. The summed E-state index contributed by atoms with van der Waals surface area (Å²) in [6, 6.07) is 0. The summed E-state index contributed by atoms with van der Waals surface area (Å²) < 4.78 is 0. The summed E-state index contributed by atoms with van der Waals surface area (Å²) in [7, 11) is 0. The van der Waals surface area contributed by atoms with Crippen LogP contribution in [0.5, 0.6) is 0 Å². The molecule has 1 rings (SSSR count). The first kappa shape index (κ1) is 6.47. The Kier molecular flexibility index (Phi) is 2.24. The summed E-state index contributed by atoms with van der Waals surface area (Å²) >= 11 is 2.10. The van der Waals surface area contributed by atoms with Crippen molar-refractivity contribution < 1.29 is 0 Å². The van der Waals surface area contributed by atoms with Crippen LogP contribution < -0.4 is 0 Å². The largest absolute Gasteiger partial charge is 0.159 e. The quantitative estimate of drug-likeness (QED) is 0.565. The van der Waals surface area contributed by atoms with E-state index in [2.05, 4.69) is 25.6 Å². The molecule has 48 valence electrons. The Morgan fingerprint density at radius 1 is 1.50 bits per heavy atom. The van der Waals surface area contributed by atoms with Crippen LogP contribution in [0.3, 0.4) is 0 Å². The molecule has 1 aliphatic rings. The van der Waals surface area contributed by atoms with Gasteiger partial charge in [0.2, 0.25) is 0 Å². The number of rotatable bonds is 3. The Morgan fingerprint density at radius 3 is 2.50 bits per heavy atom. The van der Waals surface area contributed by atoms with Gasteiger partial charge in [-0.1, -0.05) is 13.8 Å². The molecule has 0 atom stereocenters. The molecule has 0 unspecified atom stereocenters. The van der Waals surface area contributed by atoms with E-state index in [0.29, 0.717) is 0 Å². The van der Waals surface area contributed by atoms with Crippen LogP contribution in [0.2, 0.25) is 0 Å². The van der Waals surface area contributed by atoms with Gasteiger partial charge in [0.25, 0.3) is 0 Å². The lowest BCUT2D eigenvalue weighted by Crippen LogP contribution is -1.89.